The van der Waals surface area contributed by atoms with E-state index in [1.54, 1.807) is 6.07 Å². The third-order valence-electron chi connectivity index (χ3n) is 3.54. The van der Waals surface area contributed by atoms with E-state index < -0.39 is 11.7 Å². The average Bonchev–Trinajstić information content (AvgIpc) is 2.62. The van der Waals surface area contributed by atoms with Gasteiger partial charge >= 0.3 is 6.18 Å². The first-order valence-electron chi connectivity index (χ1n) is 6.06. The molecule has 0 bridgehead atoms. The zero-order chi connectivity index (χ0) is 13.3. The Kier molecular flexibility index (Phi) is 3.52. The largest absolute Gasteiger partial charge is 0.416 e. The summed E-state index contributed by atoms with van der Waals surface area (Å²) in [6.45, 7) is 0.620. The molecule has 1 aliphatic heterocycles. The maximum absolute atomic E-state index is 12.6. The predicted octanol–water partition coefficient (Wildman–Crippen LogP) is 2.81. The second-order valence-corrected chi connectivity index (χ2v) is 4.74. The van der Waals surface area contributed by atoms with Gasteiger partial charge in [0.1, 0.15) is 0 Å². The molecular weight excluding hydrogens is 241 g/mol. The summed E-state index contributed by atoms with van der Waals surface area (Å²) in [7, 11) is 1.85. The van der Waals surface area contributed by atoms with Crippen molar-refractivity contribution in [1.29, 1.82) is 0 Å². The molecule has 0 saturated carbocycles. The highest BCUT2D eigenvalue weighted by Gasteiger charge is 2.33. The maximum Gasteiger partial charge on any atom is 0.416 e. The number of hydrogen-bond acceptors (Lipinski definition) is 2. The quantitative estimate of drug-likeness (QED) is 0.903. The van der Waals surface area contributed by atoms with Crippen molar-refractivity contribution in [3.05, 3.63) is 29.3 Å². The van der Waals surface area contributed by atoms with Gasteiger partial charge in [-0.05, 0) is 43.5 Å². The minimum absolute atomic E-state index is 0.270. The summed E-state index contributed by atoms with van der Waals surface area (Å²) in [6, 6.07) is 4.28. The van der Waals surface area contributed by atoms with Crippen LogP contribution in [0.2, 0.25) is 0 Å². The molecule has 2 nitrogen and oxygen atoms in total. The van der Waals surface area contributed by atoms with E-state index in [-0.39, 0.29) is 6.04 Å². The molecule has 1 aromatic rings. The minimum atomic E-state index is -4.27. The van der Waals surface area contributed by atoms with Crippen LogP contribution in [0.4, 0.5) is 18.9 Å². The summed E-state index contributed by atoms with van der Waals surface area (Å²) < 4.78 is 37.9. The number of rotatable bonds is 3. The predicted molar refractivity (Wildman–Crippen MR) is 65.6 cm³/mol. The van der Waals surface area contributed by atoms with Crippen molar-refractivity contribution in [2.75, 3.05) is 18.5 Å². The number of nitrogens with zero attached hydrogens (tertiary/aromatic N) is 1. The van der Waals surface area contributed by atoms with Gasteiger partial charge in [0.05, 0.1) is 5.56 Å². The maximum atomic E-state index is 12.6. The number of fused-ring (bicyclic) bond motifs is 1. The zero-order valence-electron chi connectivity index (χ0n) is 10.3. The van der Waals surface area contributed by atoms with E-state index in [4.69, 9.17) is 5.73 Å². The van der Waals surface area contributed by atoms with Gasteiger partial charge in [0, 0.05) is 18.8 Å². The van der Waals surface area contributed by atoms with E-state index in [1.807, 2.05) is 11.9 Å². The SMILES string of the molecule is CN1c2cc(C(F)(F)F)ccc2CC1CCCN. The number of nitrogens with two attached hydrogens (primary N) is 1. The highest BCUT2D eigenvalue weighted by Crippen LogP contribution is 2.38. The molecule has 18 heavy (non-hydrogen) atoms. The number of hydrogen-bond donors (Lipinski definition) is 1. The molecular formula is C13H17F3N2. The van der Waals surface area contributed by atoms with Crippen LogP contribution in [0, 0.1) is 0 Å². The van der Waals surface area contributed by atoms with Gasteiger partial charge in [0.25, 0.3) is 0 Å². The second-order valence-electron chi connectivity index (χ2n) is 4.74. The molecule has 1 unspecified atom stereocenters. The van der Waals surface area contributed by atoms with Gasteiger partial charge in [-0.2, -0.15) is 13.2 Å². The van der Waals surface area contributed by atoms with Gasteiger partial charge in [-0.3, -0.25) is 0 Å². The third-order valence-corrected chi connectivity index (χ3v) is 3.54. The van der Waals surface area contributed by atoms with Crippen molar-refractivity contribution in [3.8, 4) is 0 Å². The Morgan fingerprint density at radius 3 is 2.72 bits per heavy atom. The van der Waals surface area contributed by atoms with Crippen LogP contribution in [-0.2, 0) is 12.6 Å². The van der Waals surface area contributed by atoms with Crippen molar-refractivity contribution in [3.63, 3.8) is 0 Å². The summed E-state index contributed by atoms with van der Waals surface area (Å²) in [5, 5.41) is 0. The topological polar surface area (TPSA) is 29.3 Å². The van der Waals surface area contributed by atoms with Crippen molar-refractivity contribution in [2.24, 2.45) is 5.73 Å². The average molecular weight is 258 g/mol. The fourth-order valence-corrected chi connectivity index (χ4v) is 2.48. The van der Waals surface area contributed by atoms with Crippen LogP contribution in [0.15, 0.2) is 18.2 Å². The van der Waals surface area contributed by atoms with Gasteiger partial charge in [0.15, 0.2) is 0 Å². The first-order chi connectivity index (χ1) is 8.43. The lowest BCUT2D eigenvalue weighted by Gasteiger charge is -2.22. The lowest BCUT2D eigenvalue weighted by atomic mass is 10.0. The number of likely N-dealkylation sites (N-methyl/N-ethyl adjacent to an activating group) is 1. The highest BCUT2D eigenvalue weighted by molar-refractivity contribution is 5.60. The molecule has 0 fully saturated rings. The Morgan fingerprint density at radius 2 is 2.11 bits per heavy atom. The number of benzene rings is 1. The fourth-order valence-electron chi connectivity index (χ4n) is 2.48. The van der Waals surface area contributed by atoms with Crippen molar-refractivity contribution < 1.29 is 13.2 Å². The van der Waals surface area contributed by atoms with E-state index >= 15 is 0 Å². The molecule has 100 valence electrons. The van der Waals surface area contributed by atoms with Gasteiger partial charge in [0.2, 0.25) is 0 Å². The van der Waals surface area contributed by atoms with E-state index in [1.165, 1.54) is 6.07 Å². The molecule has 0 aliphatic carbocycles. The van der Waals surface area contributed by atoms with Crippen molar-refractivity contribution in [2.45, 2.75) is 31.5 Å². The van der Waals surface area contributed by atoms with Gasteiger partial charge in [-0.25, -0.2) is 0 Å². The van der Waals surface area contributed by atoms with Gasteiger partial charge in [-0.15, -0.1) is 0 Å². The lowest BCUT2D eigenvalue weighted by Crippen LogP contribution is -2.28. The highest BCUT2D eigenvalue weighted by atomic mass is 19.4. The third kappa shape index (κ3) is 2.46. The van der Waals surface area contributed by atoms with E-state index in [0.29, 0.717) is 12.2 Å². The van der Waals surface area contributed by atoms with Crippen LogP contribution in [-0.4, -0.2) is 19.6 Å². The zero-order valence-corrected chi connectivity index (χ0v) is 10.3. The van der Waals surface area contributed by atoms with Crippen molar-refractivity contribution in [1.82, 2.24) is 0 Å². The van der Waals surface area contributed by atoms with Crippen LogP contribution in [0.3, 0.4) is 0 Å². The second kappa shape index (κ2) is 4.80. The monoisotopic (exact) mass is 258 g/mol. The Hall–Kier alpha value is -1.23. The molecule has 1 atom stereocenters. The minimum Gasteiger partial charge on any atom is -0.371 e. The smallest absolute Gasteiger partial charge is 0.371 e. The molecule has 0 saturated heterocycles. The normalized spacial score (nSPS) is 19.2. The lowest BCUT2D eigenvalue weighted by molar-refractivity contribution is -0.137. The number of anilines is 1. The summed E-state index contributed by atoms with van der Waals surface area (Å²) in [5.41, 5.74) is 6.59. The number of halogens is 3. The molecule has 2 N–H and O–H groups in total. The first kappa shape index (κ1) is 13.2. The molecule has 5 heteroatoms. The molecule has 2 rings (SSSR count). The molecule has 0 radical (unpaired) electrons. The van der Waals surface area contributed by atoms with Gasteiger partial charge in [-0.1, -0.05) is 6.07 Å². The van der Waals surface area contributed by atoms with Crippen LogP contribution >= 0.6 is 0 Å². The molecule has 0 spiro atoms. The Balaban J connectivity index is 2.22. The van der Waals surface area contributed by atoms with Crippen LogP contribution in [0.5, 0.6) is 0 Å². The Bertz CT molecular complexity index is 429. The van der Waals surface area contributed by atoms with Crippen LogP contribution < -0.4 is 10.6 Å². The molecule has 1 aliphatic rings. The molecule has 0 aromatic heterocycles. The molecule has 0 amide bonds. The summed E-state index contributed by atoms with van der Waals surface area (Å²) in [4.78, 5) is 1.94. The van der Waals surface area contributed by atoms with E-state index in [9.17, 15) is 13.2 Å². The summed E-state index contributed by atoms with van der Waals surface area (Å²) >= 11 is 0. The molecule has 1 aromatic carbocycles. The van der Waals surface area contributed by atoms with Crippen LogP contribution in [0.1, 0.15) is 24.0 Å². The molecule has 1 heterocycles. The van der Waals surface area contributed by atoms with Gasteiger partial charge < -0.3 is 10.6 Å². The standard InChI is InChI=1S/C13H17F3N2/c1-18-11(3-2-6-17)7-9-4-5-10(8-12(9)18)13(14,15)16/h4-5,8,11H,2-3,6-7,17H2,1H3. The Labute approximate surface area is 105 Å². The summed E-state index contributed by atoms with van der Waals surface area (Å²) in [5.74, 6) is 0. The van der Waals surface area contributed by atoms with Crippen LogP contribution in [0.25, 0.3) is 0 Å². The first-order valence-corrected chi connectivity index (χ1v) is 6.06. The number of alkyl halides is 3. The van der Waals surface area contributed by atoms with E-state index in [0.717, 1.165) is 30.9 Å². The summed E-state index contributed by atoms with van der Waals surface area (Å²) in [6.07, 6.45) is -1.65. The van der Waals surface area contributed by atoms with Crippen molar-refractivity contribution >= 4 is 5.69 Å². The Morgan fingerprint density at radius 1 is 1.39 bits per heavy atom. The van der Waals surface area contributed by atoms with E-state index in [2.05, 4.69) is 0 Å². The fraction of sp³-hybridized carbons (Fsp3) is 0.538.